The quantitative estimate of drug-likeness (QED) is 0.264. The summed E-state index contributed by atoms with van der Waals surface area (Å²) in [5.41, 5.74) is 3.35. The van der Waals surface area contributed by atoms with Crippen LogP contribution in [-0.2, 0) is 10.2 Å². The molecule has 0 radical (unpaired) electrons. The summed E-state index contributed by atoms with van der Waals surface area (Å²) in [6.07, 6.45) is 3.58. The molecule has 0 amide bonds. The molecule has 0 N–H and O–H groups in total. The minimum absolute atomic E-state index is 0.0403. The van der Waals surface area contributed by atoms with Crippen molar-refractivity contribution < 1.29 is 13.9 Å². The van der Waals surface area contributed by atoms with Gasteiger partial charge in [0.15, 0.2) is 0 Å². The van der Waals surface area contributed by atoms with Gasteiger partial charge in [0.2, 0.25) is 0 Å². The van der Waals surface area contributed by atoms with Crippen molar-refractivity contribution in [3.8, 4) is 5.69 Å². The Labute approximate surface area is 206 Å². The fourth-order valence-corrected chi connectivity index (χ4v) is 6.02. The van der Waals surface area contributed by atoms with E-state index in [0.717, 1.165) is 43.9 Å². The van der Waals surface area contributed by atoms with Crippen LogP contribution in [0.15, 0.2) is 42.6 Å². The summed E-state index contributed by atoms with van der Waals surface area (Å²) in [5.74, 6) is -0.297. The third-order valence-electron chi connectivity index (χ3n) is 6.68. The van der Waals surface area contributed by atoms with E-state index in [2.05, 4.69) is 51.3 Å². The van der Waals surface area contributed by atoms with E-state index in [4.69, 9.17) is 4.74 Å². The summed E-state index contributed by atoms with van der Waals surface area (Å²) in [6, 6.07) is 10.8. The zero-order valence-corrected chi connectivity index (χ0v) is 21.4. The molecule has 1 fully saturated rings. The second-order valence-electron chi connectivity index (χ2n) is 10.2. The lowest BCUT2D eigenvalue weighted by molar-refractivity contribution is 0.0544. The average Bonchev–Trinajstić information content (AvgIpc) is 3.31. The van der Waals surface area contributed by atoms with Gasteiger partial charge in [-0.3, -0.25) is 4.79 Å². The van der Waals surface area contributed by atoms with E-state index in [0.29, 0.717) is 13.2 Å². The number of halogens is 2. The average molecular weight is 559 g/mol. The molecule has 0 saturated carbocycles. The Balaban J connectivity index is 1.83. The van der Waals surface area contributed by atoms with Crippen LogP contribution in [-0.4, -0.2) is 33.5 Å². The maximum atomic E-state index is 13.8. The van der Waals surface area contributed by atoms with Crippen LogP contribution in [0.3, 0.4) is 0 Å². The Morgan fingerprint density at radius 2 is 1.79 bits per heavy atom. The maximum Gasteiger partial charge on any atom is 0.252 e. The summed E-state index contributed by atoms with van der Waals surface area (Å²) >= 11 is 2.43. The second kappa shape index (κ2) is 7.91. The van der Waals surface area contributed by atoms with Crippen molar-refractivity contribution in [3.05, 3.63) is 57.7 Å². The SMILES string of the molecule is CC(C)(C)C(=O)n1ncc2cc3c(cc21)c(I)c(C1(C)CCOCC1)n3-c1ccc(F)cc1. The molecule has 3 heterocycles. The number of carbonyl (C=O) groups excluding carboxylic acids is 1. The van der Waals surface area contributed by atoms with Gasteiger partial charge in [0, 0.05) is 49.8 Å². The van der Waals surface area contributed by atoms with Crippen molar-refractivity contribution in [1.82, 2.24) is 14.3 Å². The van der Waals surface area contributed by atoms with Gasteiger partial charge in [0.05, 0.1) is 17.2 Å². The number of nitrogens with zero attached hydrogens (tertiary/aromatic N) is 3. The van der Waals surface area contributed by atoms with Crippen LogP contribution in [0.5, 0.6) is 0 Å². The highest BCUT2D eigenvalue weighted by molar-refractivity contribution is 14.1. The fourth-order valence-electron chi connectivity index (χ4n) is 4.70. The Kier molecular flexibility index (Phi) is 5.40. The van der Waals surface area contributed by atoms with E-state index >= 15 is 0 Å². The number of hydrogen-bond acceptors (Lipinski definition) is 3. The van der Waals surface area contributed by atoms with Crippen LogP contribution in [0.25, 0.3) is 27.5 Å². The van der Waals surface area contributed by atoms with E-state index in [1.807, 2.05) is 32.9 Å². The number of hydrogen-bond donors (Lipinski definition) is 0. The molecule has 0 unspecified atom stereocenters. The van der Waals surface area contributed by atoms with Gasteiger partial charge in [0.1, 0.15) is 5.82 Å². The molecule has 0 atom stereocenters. The van der Waals surface area contributed by atoms with Crippen molar-refractivity contribution in [2.75, 3.05) is 13.2 Å². The minimum Gasteiger partial charge on any atom is -0.381 e. The zero-order chi connectivity index (χ0) is 23.5. The first-order valence-electron chi connectivity index (χ1n) is 11.2. The fraction of sp³-hybridized carbons (Fsp3) is 0.385. The highest BCUT2D eigenvalue weighted by Crippen LogP contribution is 2.43. The standard InChI is InChI=1S/C26H27FIN3O2/c1-25(2,3)24(32)31-20-14-19-21(13-16(20)15-29-31)30(18-7-5-17(27)6-8-18)23(22(19)28)26(4)9-11-33-12-10-26/h5-8,13-15H,9-12H2,1-4H3. The third kappa shape index (κ3) is 3.69. The largest absolute Gasteiger partial charge is 0.381 e. The molecule has 5 rings (SSSR count). The van der Waals surface area contributed by atoms with Crippen molar-refractivity contribution in [3.63, 3.8) is 0 Å². The molecule has 5 nitrogen and oxygen atoms in total. The first kappa shape index (κ1) is 22.5. The van der Waals surface area contributed by atoms with Gasteiger partial charge in [0.25, 0.3) is 5.91 Å². The Hall–Kier alpha value is -2.26. The molecule has 33 heavy (non-hydrogen) atoms. The predicted molar refractivity (Wildman–Crippen MR) is 137 cm³/mol. The molecule has 0 spiro atoms. The summed E-state index contributed by atoms with van der Waals surface area (Å²) in [7, 11) is 0. The lowest BCUT2D eigenvalue weighted by Crippen LogP contribution is -2.33. The Morgan fingerprint density at radius 3 is 2.42 bits per heavy atom. The smallest absolute Gasteiger partial charge is 0.252 e. The first-order chi connectivity index (χ1) is 15.6. The van der Waals surface area contributed by atoms with E-state index < -0.39 is 5.41 Å². The second-order valence-corrected chi connectivity index (χ2v) is 11.3. The monoisotopic (exact) mass is 559 g/mol. The van der Waals surface area contributed by atoms with Crippen molar-refractivity contribution in [1.29, 1.82) is 0 Å². The molecule has 2 aromatic carbocycles. The molecule has 172 valence electrons. The van der Waals surface area contributed by atoms with Gasteiger partial charge in [-0.2, -0.15) is 9.78 Å². The Morgan fingerprint density at radius 1 is 1.12 bits per heavy atom. The molecule has 4 aromatic rings. The zero-order valence-electron chi connectivity index (χ0n) is 19.3. The van der Waals surface area contributed by atoms with Crippen LogP contribution >= 0.6 is 22.6 Å². The lowest BCUT2D eigenvalue weighted by Gasteiger charge is -2.35. The van der Waals surface area contributed by atoms with Crippen molar-refractivity contribution >= 4 is 50.3 Å². The molecule has 0 bridgehead atoms. The number of carbonyl (C=O) groups is 1. The van der Waals surface area contributed by atoms with Gasteiger partial charge in [-0.15, -0.1) is 0 Å². The van der Waals surface area contributed by atoms with E-state index in [1.54, 1.807) is 6.20 Å². The predicted octanol–water partition coefficient (Wildman–Crippen LogP) is 6.48. The normalized spacial score (nSPS) is 16.5. The summed E-state index contributed by atoms with van der Waals surface area (Å²) < 4.78 is 24.4. The van der Waals surface area contributed by atoms with E-state index in [1.165, 1.54) is 22.5 Å². The van der Waals surface area contributed by atoms with Gasteiger partial charge < -0.3 is 9.30 Å². The molecular formula is C26H27FIN3O2. The first-order valence-corrected chi connectivity index (χ1v) is 12.3. The number of ether oxygens (including phenoxy) is 1. The van der Waals surface area contributed by atoms with Gasteiger partial charge >= 0.3 is 0 Å². The van der Waals surface area contributed by atoms with Crippen molar-refractivity contribution in [2.24, 2.45) is 5.41 Å². The van der Waals surface area contributed by atoms with Crippen LogP contribution in [0.4, 0.5) is 4.39 Å². The van der Waals surface area contributed by atoms with E-state index in [-0.39, 0.29) is 17.1 Å². The van der Waals surface area contributed by atoms with Gasteiger partial charge in [-0.25, -0.2) is 4.39 Å². The molecule has 0 aliphatic carbocycles. The Bertz CT molecular complexity index is 1370. The van der Waals surface area contributed by atoms with Gasteiger partial charge in [-0.05, 0) is 71.8 Å². The number of fused-ring (bicyclic) bond motifs is 2. The minimum atomic E-state index is -0.540. The maximum absolute atomic E-state index is 13.8. The highest BCUT2D eigenvalue weighted by atomic mass is 127. The number of aromatic nitrogens is 3. The number of benzene rings is 2. The molecule has 2 aromatic heterocycles. The van der Waals surface area contributed by atoms with Crippen LogP contribution in [0.1, 0.15) is 51.0 Å². The van der Waals surface area contributed by atoms with Gasteiger partial charge in [-0.1, -0.05) is 27.7 Å². The third-order valence-corrected chi connectivity index (χ3v) is 7.77. The van der Waals surface area contributed by atoms with Crippen LogP contribution in [0.2, 0.25) is 0 Å². The molecule has 1 saturated heterocycles. The number of rotatable bonds is 2. The highest BCUT2D eigenvalue weighted by Gasteiger charge is 2.36. The van der Waals surface area contributed by atoms with E-state index in [9.17, 15) is 9.18 Å². The van der Waals surface area contributed by atoms with Crippen LogP contribution in [0, 0.1) is 14.8 Å². The molecule has 1 aliphatic rings. The van der Waals surface area contributed by atoms with Crippen LogP contribution < -0.4 is 0 Å². The molecular weight excluding hydrogens is 532 g/mol. The molecule has 7 heteroatoms. The topological polar surface area (TPSA) is 49.1 Å². The summed E-state index contributed by atoms with van der Waals surface area (Å²) in [4.78, 5) is 13.0. The summed E-state index contributed by atoms with van der Waals surface area (Å²) in [6.45, 7) is 9.43. The lowest BCUT2D eigenvalue weighted by atomic mass is 9.79. The van der Waals surface area contributed by atoms with Crippen molar-refractivity contribution in [2.45, 2.75) is 46.0 Å². The molecule has 1 aliphatic heterocycles. The summed E-state index contributed by atoms with van der Waals surface area (Å²) in [5, 5.41) is 6.40.